The van der Waals surface area contributed by atoms with Gasteiger partial charge in [-0.3, -0.25) is 9.20 Å². The SMILES string of the molecule is O=c1c(-c2ccccc2)c(CCNc2ncnc3scnc23)cc2ccc(F)cn12. The zero-order valence-corrected chi connectivity index (χ0v) is 16.6. The normalized spacial score (nSPS) is 11.2. The highest BCUT2D eigenvalue weighted by molar-refractivity contribution is 7.16. The molecule has 0 amide bonds. The summed E-state index contributed by atoms with van der Waals surface area (Å²) in [5.41, 5.74) is 5.15. The van der Waals surface area contributed by atoms with Gasteiger partial charge in [0.2, 0.25) is 0 Å². The Kier molecular flexibility index (Phi) is 4.68. The fourth-order valence-electron chi connectivity index (χ4n) is 3.54. The van der Waals surface area contributed by atoms with Crippen LogP contribution in [0, 0.1) is 5.82 Å². The van der Waals surface area contributed by atoms with Crippen LogP contribution >= 0.6 is 11.3 Å². The summed E-state index contributed by atoms with van der Waals surface area (Å²) >= 11 is 1.46. The van der Waals surface area contributed by atoms with Crippen LogP contribution in [0.1, 0.15) is 5.56 Å². The average molecular weight is 417 g/mol. The van der Waals surface area contributed by atoms with Gasteiger partial charge < -0.3 is 5.32 Å². The number of nitrogens with one attached hydrogen (secondary N) is 1. The van der Waals surface area contributed by atoms with E-state index in [0.717, 1.165) is 21.5 Å². The Labute approximate surface area is 174 Å². The third-order valence-corrected chi connectivity index (χ3v) is 5.64. The molecule has 0 bridgehead atoms. The minimum atomic E-state index is -0.450. The first-order valence-corrected chi connectivity index (χ1v) is 10.3. The van der Waals surface area contributed by atoms with Crippen molar-refractivity contribution in [2.75, 3.05) is 11.9 Å². The Morgan fingerprint density at radius 2 is 1.93 bits per heavy atom. The van der Waals surface area contributed by atoms with Gasteiger partial charge in [-0.25, -0.2) is 19.3 Å². The number of hydrogen-bond acceptors (Lipinski definition) is 6. The van der Waals surface area contributed by atoms with E-state index in [4.69, 9.17) is 0 Å². The van der Waals surface area contributed by atoms with Crippen LogP contribution < -0.4 is 10.9 Å². The summed E-state index contributed by atoms with van der Waals surface area (Å²) in [5, 5.41) is 3.30. The second-order valence-corrected chi connectivity index (χ2v) is 7.60. The van der Waals surface area contributed by atoms with Crippen LogP contribution in [-0.4, -0.2) is 25.9 Å². The van der Waals surface area contributed by atoms with E-state index in [0.29, 0.717) is 29.9 Å². The molecular formula is C22H16FN5OS. The molecule has 0 aliphatic rings. The lowest BCUT2D eigenvalue weighted by atomic mass is 9.98. The first-order valence-electron chi connectivity index (χ1n) is 9.38. The topological polar surface area (TPSA) is 72.2 Å². The second kappa shape index (κ2) is 7.64. The van der Waals surface area contributed by atoms with Crippen molar-refractivity contribution in [3.8, 4) is 11.1 Å². The van der Waals surface area contributed by atoms with Crippen LogP contribution in [0.15, 0.2) is 71.4 Å². The third kappa shape index (κ3) is 3.31. The van der Waals surface area contributed by atoms with Crippen LogP contribution in [0.25, 0.3) is 27.0 Å². The molecule has 0 radical (unpaired) electrons. The number of rotatable bonds is 5. The first-order chi connectivity index (χ1) is 14.7. The Morgan fingerprint density at radius 3 is 2.80 bits per heavy atom. The van der Waals surface area contributed by atoms with Gasteiger partial charge in [0.05, 0.1) is 11.1 Å². The van der Waals surface area contributed by atoms with Crippen LogP contribution in [0.3, 0.4) is 0 Å². The van der Waals surface area contributed by atoms with E-state index in [1.165, 1.54) is 34.3 Å². The van der Waals surface area contributed by atoms with E-state index in [1.54, 1.807) is 11.6 Å². The van der Waals surface area contributed by atoms with Crippen molar-refractivity contribution in [3.63, 3.8) is 0 Å². The molecule has 0 atom stereocenters. The molecule has 30 heavy (non-hydrogen) atoms. The van der Waals surface area contributed by atoms with Gasteiger partial charge in [0, 0.05) is 18.3 Å². The molecule has 148 valence electrons. The number of halogens is 1. The number of anilines is 1. The van der Waals surface area contributed by atoms with E-state index in [1.807, 2.05) is 36.4 Å². The molecule has 0 fully saturated rings. The molecule has 0 saturated heterocycles. The molecule has 0 aliphatic carbocycles. The van der Waals surface area contributed by atoms with E-state index in [2.05, 4.69) is 20.3 Å². The summed E-state index contributed by atoms with van der Waals surface area (Å²) in [5.74, 6) is 0.219. The van der Waals surface area contributed by atoms with E-state index in [9.17, 15) is 9.18 Å². The van der Waals surface area contributed by atoms with E-state index in [-0.39, 0.29) is 5.56 Å². The van der Waals surface area contributed by atoms with Crippen molar-refractivity contribution in [1.29, 1.82) is 0 Å². The zero-order valence-electron chi connectivity index (χ0n) is 15.7. The lowest BCUT2D eigenvalue weighted by molar-refractivity contribution is 0.618. The van der Waals surface area contributed by atoms with Gasteiger partial charge in [-0.2, -0.15) is 0 Å². The molecule has 1 aromatic carbocycles. The number of benzene rings is 1. The molecule has 5 rings (SSSR count). The number of fused-ring (bicyclic) bond motifs is 2. The Balaban J connectivity index is 1.53. The Hall–Kier alpha value is -3.65. The third-order valence-electron chi connectivity index (χ3n) is 4.90. The van der Waals surface area contributed by atoms with Crippen molar-refractivity contribution in [3.05, 3.63) is 88.3 Å². The highest BCUT2D eigenvalue weighted by atomic mass is 32.1. The van der Waals surface area contributed by atoms with Gasteiger partial charge >= 0.3 is 0 Å². The summed E-state index contributed by atoms with van der Waals surface area (Å²) in [7, 11) is 0. The number of nitrogens with zero attached hydrogens (tertiary/aromatic N) is 4. The number of pyridine rings is 2. The van der Waals surface area contributed by atoms with Gasteiger partial charge in [-0.1, -0.05) is 30.3 Å². The maximum atomic E-state index is 13.8. The monoisotopic (exact) mass is 417 g/mol. The zero-order chi connectivity index (χ0) is 20.5. The summed E-state index contributed by atoms with van der Waals surface area (Å²) in [6.07, 6.45) is 3.32. The van der Waals surface area contributed by atoms with E-state index < -0.39 is 5.82 Å². The van der Waals surface area contributed by atoms with Crippen LogP contribution in [0.4, 0.5) is 10.2 Å². The highest BCUT2D eigenvalue weighted by Gasteiger charge is 2.14. The summed E-state index contributed by atoms with van der Waals surface area (Å²) in [6, 6.07) is 14.4. The van der Waals surface area contributed by atoms with Crippen molar-refractivity contribution in [1.82, 2.24) is 19.4 Å². The predicted octanol–water partition coefficient (Wildman–Crippen LogP) is 4.16. The predicted molar refractivity (Wildman–Crippen MR) is 116 cm³/mol. The number of thiazole rings is 1. The van der Waals surface area contributed by atoms with Crippen molar-refractivity contribution >= 4 is 33.0 Å². The lowest BCUT2D eigenvalue weighted by Gasteiger charge is -2.13. The van der Waals surface area contributed by atoms with Gasteiger partial charge in [-0.15, -0.1) is 11.3 Å². The molecule has 0 spiro atoms. The molecule has 4 heterocycles. The minimum Gasteiger partial charge on any atom is -0.368 e. The van der Waals surface area contributed by atoms with Gasteiger partial charge in [-0.05, 0) is 35.7 Å². The van der Waals surface area contributed by atoms with Crippen LogP contribution in [0.5, 0.6) is 0 Å². The fraction of sp³-hybridized carbons (Fsp3) is 0.0909. The molecule has 0 unspecified atom stereocenters. The molecule has 5 aromatic rings. The molecular weight excluding hydrogens is 401 g/mol. The van der Waals surface area contributed by atoms with E-state index >= 15 is 0 Å². The number of aromatic nitrogens is 4. The van der Waals surface area contributed by atoms with Gasteiger partial charge in [0.25, 0.3) is 5.56 Å². The maximum absolute atomic E-state index is 13.8. The standard InChI is InChI=1S/C22H16FN5OS/c23-16-6-7-17-10-15(8-9-24-20-19-21(26-12-25-20)30-13-27-19)18(22(29)28(17)11-16)14-4-2-1-3-5-14/h1-7,10-13H,8-9H2,(H,24,25,26). The summed E-state index contributed by atoms with van der Waals surface area (Å²) in [4.78, 5) is 26.8. The van der Waals surface area contributed by atoms with Gasteiger partial charge in [0.15, 0.2) is 5.82 Å². The second-order valence-electron chi connectivity index (χ2n) is 6.76. The van der Waals surface area contributed by atoms with Gasteiger partial charge in [0.1, 0.15) is 22.5 Å². The largest absolute Gasteiger partial charge is 0.368 e. The molecule has 0 aliphatic heterocycles. The quantitative estimate of drug-likeness (QED) is 0.465. The molecule has 8 heteroatoms. The molecule has 1 N–H and O–H groups in total. The average Bonchev–Trinajstić information content (AvgIpc) is 3.25. The summed E-state index contributed by atoms with van der Waals surface area (Å²) < 4.78 is 15.1. The first kappa shape index (κ1) is 18.4. The fourth-order valence-corrected chi connectivity index (χ4v) is 4.17. The van der Waals surface area contributed by atoms with Crippen molar-refractivity contribution < 1.29 is 4.39 Å². The Bertz CT molecular complexity index is 1410. The summed E-state index contributed by atoms with van der Waals surface area (Å²) in [6.45, 7) is 0.556. The lowest BCUT2D eigenvalue weighted by Crippen LogP contribution is -2.19. The molecule has 4 aromatic heterocycles. The smallest absolute Gasteiger partial charge is 0.263 e. The van der Waals surface area contributed by atoms with Crippen LogP contribution in [0.2, 0.25) is 0 Å². The number of hydrogen-bond donors (Lipinski definition) is 1. The highest BCUT2D eigenvalue weighted by Crippen LogP contribution is 2.24. The van der Waals surface area contributed by atoms with Crippen LogP contribution in [-0.2, 0) is 6.42 Å². The van der Waals surface area contributed by atoms with Crippen molar-refractivity contribution in [2.24, 2.45) is 0 Å². The Morgan fingerprint density at radius 1 is 1.07 bits per heavy atom. The molecule has 6 nitrogen and oxygen atoms in total. The van der Waals surface area contributed by atoms with Crippen molar-refractivity contribution in [2.45, 2.75) is 6.42 Å². The maximum Gasteiger partial charge on any atom is 0.263 e. The molecule has 0 saturated carbocycles. The minimum absolute atomic E-state index is 0.239.